The Balaban J connectivity index is 1.81. The topological polar surface area (TPSA) is 60.7 Å². The first-order chi connectivity index (χ1) is 13.3. The van der Waals surface area contributed by atoms with Crippen LogP contribution < -0.4 is 0 Å². The van der Waals surface area contributed by atoms with Crippen LogP contribution in [0.1, 0.15) is 22.8 Å². The molecule has 0 bridgehead atoms. The van der Waals surface area contributed by atoms with Gasteiger partial charge >= 0.3 is 5.97 Å². The Labute approximate surface area is 162 Å². The Hall–Kier alpha value is -3.32. The molecule has 28 heavy (non-hydrogen) atoms. The van der Waals surface area contributed by atoms with Crippen LogP contribution in [0.25, 0.3) is 17.0 Å². The zero-order valence-electron chi connectivity index (χ0n) is 14.4. The number of hydrogen-bond acceptors (Lipinski definition) is 4. The molecular formula is C20H11ClF2N2O3. The van der Waals surface area contributed by atoms with E-state index in [1.165, 1.54) is 17.6 Å². The fraction of sp³-hybridized carbons (Fsp3) is 0.0500. The van der Waals surface area contributed by atoms with Gasteiger partial charge < -0.3 is 4.74 Å². The third-order valence-electron chi connectivity index (χ3n) is 4.24. The molecule has 1 aliphatic rings. The zero-order chi connectivity index (χ0) is 20.0. The number of hydrogen-bond donors (Lipinski definition) is 0. The molecule has 0 saturated heterocycles. The molecule has 0 saturated carbocycles. The summed E-state index contributed by atoms with van der Waals surface area (Å²) in [6.07, 6.45) is 3.05. The minimum Gasteiger partial charge on any atom is -0.402 e. The van der Waals surface area contributed by atoms with Gasteiger partial charge in [0.15, 0.2) is 17.3 Å². The molecule has 2 aromatic carbocycles. The van der Waals surface area contributed by atoms with E-state index in [0.717, 1.165) is 17.5 Å². The lowest BCUT2D eigenvalue weighted by atomic mass is 10.1. The molecule has 1 aromatic heterocycles. The van der Waals surface area contributed by atoms with Gasteiger partial charge in [0, 0.05) is 24.1 Å². The smallest absolute Gasteiger partial charge is 0.363 e. The summed E-state index contributed by atoms with van der Waals surface area (Å²) in [5.41, 5.74) is 1.17. The second-order valence-electron chi connectivity index (χ2n) is 6.07. The van der Waals surface area contributed by atoms with E-state index >= 15 is 0 Å². The van der Waals surface area contributed by atoms with Crippen molar-refractivity contribution in [3.05, 3.63) is 76.1 Å². The lowest BCUT2D eigenvalue weighted by Gasteiger charge is -2.03. The van der Waals surface area contributed by atoms with E-state index in [1.54, 1.807) is 30.5 Å². The molecule has 1 aliphatic heterocycles. The number of rotatable bonds is 2. The number of benzene rings is 2. The molecule has 0 aliphatic carbocycles. The molecule has 0 unspecified atom stereocenters. The van der Waals surface area contributed by atoms with Crippen molar-refractivity contribution in [1.29, 1.82) is 0 Å². The summed E-state index contributed by atoms with van der Waals surface area (Å²) in [5.74, 6) is -3.44. The van der Waals surface area contributed by atoms with E-state index in [0.29, 0.717) is 11.1 Å². The van der Waals surface area contributed by atoms with Gasteiger partial charge in [-0.25, -0.2) is 18.6 Å². The summed E-state index contributed by atoms with van der Waals surface area (Å²) >= 11 is 5.91. The third-order valence-corrected chi connectivity index (χ3v) is 4.55. The predicted molar refractivity (Wildman–Crippen MR) is 100 cm³/mol. The Morgan fingerprint density at radius 2 is 1.93 bits per heavy atom. The molecule has 140 valence electrons. The van der Waals surface area contributed by atoms with Crippen LogP contribution in [-0.2, 0) is 9.53 Å². The average Bonchev–Trinajstić information content (AvgIpc) is 3.20. The number of ether oxygens (including phenoxy) is 1. The SMILES string of the molecule is CC(=O)n1cc(/C=C2\N=C(c3cc(F)c(F)cc3Cl)OC2=O)c2ccccc21. The van der Waals surface area contributed by atoms with Crippen molar-refractivity contribution < 1.29 is 23.1 Å². The van der Waals surface area contributed by atoms with Crippen LogP contribution >= 0.6 is 11.6 Å². The van der Waals surface area contributed by atoms with Crippen LogP contribution in [0.3, 0.4) is 0 Å². The normalized spacial score (nSPS) is 15.2. The van der Waals surface area contributed by atoms with Gasteiger partial charge in [-0.2, -0.15) is 0 Å². The maximum atomic E-state index is 13.5. The van der Waals surface area contributed by atoms with Crippen molar-refractivity contribution in [2.24, 2.45) is 4.99 Å². The molecule has 5 nitrogen and oxygen atoms in total. The van der Waals surface area contributed by atoms with Crippen molar-refractivity contribution in [3.8, 4) is 0 Å². The minimum absolute atomic E-state index is 0.0384. The summed E-state index contributed by atoms with van der Waals surface area (Å²) in [6, 6.07) is 8.78. The lowest BCUT2D eigenvalue weighted by Crippen LogP contribution is -2.07. The quantitative estimate of drug-likeness (QED) is 0.359. The lowest BCUT2D eigenvalue weighted by molar-refractivity contribution is -0.129. The first kappa shape index (κ1) is 18.1. The largest absolute Gasteiger partial charge is 0.402 e. The molecule has 4 rings (SSSR count). The summed E-state index contributed by atoms with van der Waals surface area (Å²) < 4.78 is 33.3. The summed E-state index contributed by atoms with van der Waals surface area (Å²) in [5, 5.41) is 0.604. The van der Waals surface area contributed by atoms with Crippen LogP contribution in [0.4, 0.5) is 8.78 Å². The van der Waals surface area contributed by atoms with Gasteiger partial charge in [0.05, 0.1) is 16.1 Å². The van der Waals surface area contributed by atoms with E-state index in [-0.39, 0.29) is 28.1 Å². The first-order valence-corrected chi connectivity index (χ1v) is 8.51. The van der Waals surface area contributed by atoms with Crippen LogP contribution in [0.5, 0.6) is 0 Å². The second kappa shape index (κ2) is 6.69. The number of halogens is 3. The van der Waals surface area contributed by atoms with E-state index < -0.39 is 17.6 Å². The molecule has 3 aromatic rings. The molecule has 0 spiro atoms. The Bertz CT molecular complexity index is 1230. The van der Waals surface area contributed by atoms with Gasteiger partial charge in [-0.05, 0) is 24.3 Å². The van der Waals surface area contributed by atoms with Gasteiger partial charge in [-0.15, -0.1) is 0 Å². The highest BCUT2D eigenvalue weighted by Crippen LogP contribution is 2.28. The number of nitrogens with zero attached hydrogens (tertiary/aromatic N) is 2. The minimum atomic E-state index is -1.14. The van der Waals surface area contributed by atoms with Crippen LogP contribution in [0.15, 0.2) is 53.3 Å². The van der Waals surface area contributed by atoms with Gasteiger partial charge in [-0.1, -0.05) is 29.8 Å². The summed E-state index contributed by atoms with van der Waals surface area (Å²) in [6.45, 7) is 1.43. The van der Waals surface area contributed by atoms with Crippen molar-refractivity contribution >= 4 is 46.4 Å². The fourth-order valence-electron chi connectivity index (χ4n) is 2.94. The molecule has 0 atom stereocenters. The van der Waals surface area contributed by atoms with E-state index in [2.05, 4.69) is 4.99 Å². The summed E-state index contributed by atoms with van der Waals surface area (Å²) in [7, 11) is 0. The number of aromatic nitrogens is 1. The first-order valence-electron chi connectivity index (χ1n) is 8.13. The monoisotopic (exact) mass is 400 g/mol. The molecule has 0 radical (unpaired) electrons. The number of aliphatic imine (C=N–C) groups is 1. The van der Waals surface area contributed by atoms with E-state index in [1.807, 2.05) is 0 Å². The van der Waals surface area contributed by atoms with E-state index in [9.17, 15) is 18.4 Å². The van der Waals surface area contributed by atoms with E-state index in [4.69, 9.17) is 16.3 Å². The maximum absolute atomic E-state index is 13.5. The standard InChI is InChI=1S/C20H11ClF2N2O3/c1-10(26)25-9-11(12-4-2-3-5-18(12)25)6-17-20(27)28-19(24-17)13-7-15(22)16(23)8-14(13)21/h2-9H,1H3/b17-6-. The fourth-order valence-corrected chi connectivity index (χ4v) is 3.17. The highest BCUT2D eigenvalue weighted by molar-refractivity contribution is 6.34. The van der Waals surface area contributed by atoms with Crippen molar-refractivity contribution in [3.63, 3.8) is 0 Å². The maximum Gasteiger partial charge on any atom is 0.363 e. The molecule has 8 heteroatoms. The Morgan fingerprint density at radius 3 is 2.68 bits per heavy atom. The number of carbonyl (C=O) groups is 2. The number of cyclic esters (lactones) is 1. The zero-order valence-corrected chi connectivity index (χ0v) is 15.1. The van der Waals surface area contributed by atoms with Gasteiger partial charge in [0.2, 0.25) is 11.8 Å². The van der Waals surface area contributed by atoms with Gasteiger partial charge in [0.25, 0.3) is 0 Å². The average molecular weight is 401 g/mol. The number of fused-ring (bicyclic) bond motifs is 1. The molecule has 0 amide bonds. The Morgan fingerprint density at radius 1 is 1.21 bits per heavy atom. The third kappa shape index (κ3) is 2.99. The molecule has 2 heterocycles. The number of para-hydroxylation sites is 1. The van der Waals surface area contributed by atoms with Crippen LogP contribution in [0, 0.1) is 11.6 Å². The van der Waals surface area contributed by atoms with Crippen LogP contribution in [0.2, 0.25) is 5.02 Å². The van der Waals surface area contributed by atoms with Crippen molar-refractivity contribution in [1.82, 2.24) is 4.57 Å². The molecular weight excluding hydrogens is 390 g/mol. The highest BCUT2D eigenvalue weighted by atomic mass is 35.5. The van der Waals surface area contributed by atoms with Crippen LogP contribution in [-0.4, -0.2) is 22.3 Å². The molecule has 0 fully saturated rings. The number of carbonyl (C=O) groups excluding carboxylic acids is 2. The number of esters is 1. The van der Waals surface area contributed by atoms with Gasteiger partial charge in [0.1, 0.15) is 0 Å². The molecule has 0 N–H and O–H groups in total. The predicted octanol–water partition coefficient (Wildman–Crippen LogP) is 4.58. The summed E-state index contributed by atoms with van der Waals surface area (Å²) in [4.78, 5) is 28.1. The highest BCUT2D eigenvalue weighted by Gasteiger charge is 2.27. The second-order valence-corrected chi connectivity index (χ2v) is 6.48. The van der Waals surface area contributed by atoms with Crippen molar-refractivity contribution in [2.45, 2.75) is 6.92 Å². The Kier molecular flexibility index (Phi) is 4.31. The van der Waals surface area contributed by atoms with Gasteiger partial charge in [-0.3, -0.25) is 9.36 Å². The van der Waals surface area contributed by atoms with Crippen molar-refractivity contribution in [2.75, 3.05) is 0 Å².